The van der Waals surface area contributed by atoms with E-state index in [1.54, 1.807) is 49.4 Å². The number of rotatable bonds is 35. The first kappa shape index (κ1) is 111. The third-order valence-electron chi connectivity index (χ3n) is 21.6. The summed E-state index contributed by atoms with van der Waals surface area (Å²) in [5.41, 5.74) is 19.4. The highest BCUT2D eigenvalue weighted by molar-refractivity contribution is 5.87. The van der Waals surface area contributed by atoms with Gasteiger partial charge in [0.15, 0.2) is 0 Å². The zero-order chi connectivity index (χ0) is 101. The van der Waals surface area contributed by atoms with Gasteiger partial charge in [0.05, 0.1) is 88.6 Å². The van der Waals surface area contributed by atoms with Crippen molar-refractivity contribution in [1.82, 2.24) is 78.6 Å². The van der Waals surface area contributed by atoms with Crippen LogP contribution in [-0.2, 0) is 91.2 Å². The molecule has 0 saturated carbocycles. The number of hydrogen-bond acceptors (Lipinski definition) is 25. The van der Waals surface area contributed by atoms with Gasteiger partial charge in [-0.25, -0.2) is 44.2 Å². The lowest BCUT2D eigenvalue weighted by molar-refractivity contribution is -0.132. The topological polar surface area (TPSA) is 437 Å². The van der Waals surface area contributed by atoms with E-state index in [9.17, 15) is 53.4 Å². The van der Waals surface area contributed by atoms with E-state index in [0.717, 1.165) is 68.0 Å². The highest BCUT2D eigenvalue weighted by atomic mass is 16.6. The fourth-order valence-corrected chi connectivity index (χ4v) is 14.3. The highest BCUT2D eigenvalue weighted by Gasteiger charge is 2.40. The number of benzene rings is 6. The summed E-state index contributed by atoms with van der Waals surface area (Å²) in [6.07, 6.45) is 0.846. The number of methoxy groups -OCH3 is 3. The van der Waals surface area contributed by atoms with Gasteiger partial charge in [-0.15, -0.1) is 0 Å². The Bertz CT molecular complexity index is 5260. The molecule has 9 amide bonds. The molecule has 3 aromatic heterocycles. The van der Waals surface area contributed by atoms with Crippen LogP contribution in [0.25, 0.3) is 33.8 Å². The number of aromatic nitrogens is 3. The van der Waals surface area contributed by atoms with E-state index in [-0.39, 0.29) is 56.4 Å². The van der Waals surface area contributed by atoms with Crippen LogP contribution < -0.4 is 53.6 Å². The number of amides is 9. The van der Waals surface area contributed by atoms with Crippen molar-refractivity contribution in [2.24, 2.45) is 16.2 Å². The zero-order valence-corrected chi connectivity index (χ0v) is 82.8. The van der Waals surface area contributed by atoms with Crippen molar-refractivity contribution >= 4 is 54.3 Å². The number of carbonyl (C=O) groups excluding carboxylic acids is 9. The van der Waals surface area contributed by atoms with E-state index in [2.05, 4.69) is 73.3 Å². The van der Waals surface area contributed by atoms with Crippen LogP contribution >= 0.6 is 0 Å². The number of hydrazine groups is 3. The third-order valence-corrected chi connectivity index (χ3v) is 21.6. The summed E-state index contributed by atoms with van der Waals surface area (Å²) in [5, 5.41) is 42.7. The molecule has 2 saturated heterocycles. The summed E-state index contributed by atoms with van der Waals surface area (Å²) in [5.74, 6) is -1.32. The van der Waals surface area contributed by atoms with Gasteiger partial charge in [0.25, 0.3) is 17.7 Å². The van der Waals surface area contributed by atoms with Gasteiger partial charge in [-0.05, 0) is 147 Å². The molecule has 0 spiro atoms. The lowest BCUT2D eigenvalue weighted by Crippen LogP contribution is -2.59. The highest BCUT2D eigenvalue weighted by Crippen LogP contribution is 2.28. The molecule has 2 fully saturated rings. The van der Waals surface area contributed by atoms with Gasteiger partial charge in [-0.3, -0.25) is 45.6 Å². The predicted molar refractivity (Wildman–Crippen MR) is 529 cm³/mol. The second-order valence-corrected chi connectivity index (χ2v) is 38.8. The maximum Gasteiger partial charge on any atom is 0.407 e. The molecular weight excluding hydrogens is 1780 g/mol. The SMILES string of the molecule is CC(C)(C)OC(=O)N[C@@H](Cc1ccccc1)[C@@H]1CO1.COC(=O)NC(C(=O)NN(Cc1ccc(-c2ccccn2)cc1)C[C@H](O)[C@H](Cc1ccccc1)NC(=O)OC(C)(C)C)C(C)(C)C.COC(=O)NC(C(=O)NN(Cc1ccc(-c2ccccn2)cc1)C[C@H](O)[C@H](Cc1ccccc1)NC(=O)O[C@H]1CCOC1)C(C)(C)C.COC(=O)NC(C(=O)NNCc1ccc(-c2ccccn2)cc1)C(C)(C)C. The Morgan fingerprint density at radius 1 is 0.388 bits per heavy atom. The third kappa shape index (κ3) is 40.6. The first-order valence-electron chi connectivity index (χ1n) is 46.2. The standard InChI is InChI=1S/C35H45N5O7.C35H47N5O6.C20H26N4O3.C15H21NO3/c1-35(2,3)31(38-33(43)45-4)32(42)39-40(21-25-13-15-26(16-14-25)28-12-8-9-18-36-28)22-30(41)29(20-24-10-6-5-7-11-24)37-34(44)47-27-17-19-46-23-27;1-34(2,3)30(38-32(43)45-7)31(42)39-40(22-25-16-18-26(19-17-25)27-15-11-12-20-36-27)23-29(41)28(21-24-13-9-8-10-14-24)37-33(44)46-35(4,5)6;1-20(2,3)17(23-19(26)27-4)18(25)24-22-13-14-8-10-15(11-9-14)16-7-5-6-12-21-16;1-15(2,3)19-14(17)16-12(13-10-18-13)9-11-7-5-4-6-8-11/h5-16,18,27,29-31,41H,17,19-23H2,1-4H3,(H,37,44)(H,38,43)(H,39,42);8-20,28-30,41H,21-23H2,1-7H3,(H,37,44)(H,38,43)(H,39,42);5-12,17,22H,13H2,1-4H3,(H,23,26)(H,24,25);4-8,12-13H,9-10H2,1-3H3,(H,16,17)/t27-,29-,30-,31?;28-,29-,30?;;12-,13-/m00.0/s1. The van der Waals surface area contributed by atoms with Crippen molar-refractivity contribution in [3.05, 3.63) is 270 Å². The van der Waals surface area contributed by atoms with E-state index in [4.69, 9.17) is 33.2 Å². The monoisotopic (exact) mass is 1910 g/mol. The van der Waals surface area contributed by atoms with E-state index in [0.29, 0.717) is 45.6 Å². The molecule has 2 aliphatic rings. The van der Waals surface area contributed by atoms with Crippen LogP contribution in [-0.4, -0.2) is 216 Å². The molecule has 0 radical (unpaired) electrons. The minimum Gasteiger partial charge on any atom is -0.453 e. The fourth-order valence-electron chi connectivity index (χ4n) is 14.3. The first-order chi connectivity index (χ1) is 65.9. The van der Waals surface area contributed by atoms with Crippen molar-refractivity contribution in [3.63, 3.8) is 0 Å². The number of epoxide rings is 1. The second-order valence-electron chi connectivity index (χ2n) is 38.8. The van der Waals surface area contributed by atoms with Gasteiger partial charge in [-0.2, -0.15) is 0 Å². The van der Waals surface area contributed by atoms with E-state index >= 15 is 0 Å². The molecule has 2 aliphatic heterocycles. The number of ether oxygens (including phenoxy) is 8. The summed E-state index contributed by atoms with van der Waals surface area (Å²) in [4.78, 5) is 126. The Kier molecular flexibility index (Phi) is 43.1. The van der Waals surface area contributed by atoms with Crippen LogP contribution in [0.2, 0.25) is 0 Å². The van der Waals surface area contributed by atoms with Gasteiger partial charge in [0.1, 0.15) is 41.5 Å². The van der Waals surface area contributed by atoms with Gasteiger partial charge in [-0.1, -0.05) is 244 Å². The molecule has 12 N–H and O–H groups in total. The molecule has 0 bridgehead atoms. The van der Waals surface area contributed by atoms with Gasteiger partial charge in [0, 0.05) is 74.4 Å². The minimum atomic E-state index is -1.14. The second kappa shape index (κ2) is 54.0. The molecule has 3 unspecified atom stereocenters. The average Bonchev–Trinajstić information content (AvgIpc) is 1.72. The Balaban J connectivity index is 0.000000239. The largest absolute Gasteiger partial charge is 0.453 e. The van der Waals surface area contributed by atoms with Crippen molar-refractivity contribution in [3.8, 4) is 33.8 Å². The summed E-state index contributed by atoms with van der Waals surface area (Å²) in [6.45, 7) is 29.7. The average molecular weight is 1920 g/mol. The summed E-state index contributed by atoms with van der Waals surface area (Å²) in [7, 11) is 3.73. The van der Waals surface area contributed by atoms with Crippen molar-refractivity contribution < 1.29 is 91.3 Å². The van der Waals surface area contributed by atoms with Gasteiger partial charge < -0.3 is 80.0 Å². The minimum absolute atomic E-state index is 0.0303. The number of pyridine rings is 3. The molecule has 139 heavy (non-hydrogen) atoms. The predicted octanol–water partition coefficient (Wildman–Crippen LogP) is 13.9. The normalized spacial score (nSPS) is 15.2. The number of aliphatic hydroxyl groups excluding tert-OH is 2. The smallest absolute Gasteiger partial charge is 0.407 e. The molecule has 0 aliphatic carbocycles. The first-order valence-corrected chi connectivity index (χ1v) is 46.2. The number of alkyl carbamates (subject to hydrolysis) is 6. The van der Waals surface area contributed by atoms with Crippen LogP contribution in [0.1, 0.15) is 144 Å². The number of nitrogens with zero attached hydrogens (tertiary/aromatic N) is 5. The number of carbonyl (C=O) groups is 9. The van der Waals surface area contributed by atoms with Gasteiger partial charge in [0.2, 0.25) is 0 Å². The fraction of sp³-hybridized carbons (Fsp3) is 0.429. The van der Waals surface area contributed by atoms with Crippen LogP contribution in [0.5, 0.6) is 0 Å². The number of aliphatic hydroxyl groups is 2. The van der Waals surface area contributed by atoms with E-state index in [1.165, 1.54) is 26.9 Å². The molecule has 10 atom stereocenters. The quantitative estimate of drug-likeness (QED) is 0.00997. The summed E-state index contributed by atoms with van der Waals surface area (Å²) in [6, 6.07) is 65.3. The zero-order valence-electron chi connectivity index (χ0n) is 82.8. The number of hydrogen-bond donors (Lipinski definition) is 12. The molecule has 9 aromatic rings. The van der Waals surface area contributed by atoms with Gasteiger partial charge >= 0.3 is 36.6 Å². The van der Waals surface area contributed by atoms with Crippen molar-refractivity contribution in [1.29, 1.82) is 0 Å². The maximum absolute atomic E-state index is 13.7. The lowest BCUT2D eigenvalue weighted by atomic mass is 9.86. The Hall–Kier alpha value is -13.5. The van der Waals surface area contributed by atoms with E-state index in [1.807, 2.05) is 301 Å². The Morgan fingerprint density at radius 3 is 1.05 bits per heavy atom. The lowest BCUT2D eigenvalue weighted by Gasteiger charge is -2.34. The summed E-state index contributed by atoms with van der Waals surface area (Å²) < 4.78 is 41.0. The molecule has 11 rings (SSSR count). The summed E-state index contributed by atoms with van der Waals surface area (Å²) >= 11 is 0. The number of nitrogens with one attached hydrogen (secondary N) is 10. The Labute approximate surface area is 815 Å². The van der Waals surface area contributed by atoms with Crippen molar-refractivity contribution in [2.75, 3.05) is 54.2 Å². The molecular formula is C105H139N15O19. The maximum atomic E-state index is 13.7. The molecule has 34 heteroatoms. The Morgan fingerprint density at radius 2 is 0.727 bits per heavy atom. The molecule has 6 aromatic carbocycles. The van der Waals surface area contributed by atoms with Crippen LogP contribution in [0.15, 0.2) is 237 Å². The molecule has 34 nitrogen and oxygen atoms in total. The van der Waals surface area contributed by atoms with Crippen LogP contribution in [0.4, 0.5) is 28.8 Å². The van der Waals surface area contributed by atoms with E-state index < -0.39 is 112 Å². The van der Waals surface area contributed by atoms with Crippen LogP contribution in [0.3, 0.4) is 0 Å². The molecule has 748 valence electrons. The van der Waals surface area contributed by atoms with Crippen LogP contribution in [0, 0.1) is 16.2 Å². The van der Waals surface area contributed by atoms with Crippen molar-refractivity contribution in [2.45, 2.75) is 221 Å². The molecule has 5 heterocycles.